The smallest absolute Gasteiger partial charge is 0.460 e. The molecule has 144 valence electrons. The first-order valence-corrected chi connectivity index (χ1v) is 8.54. The number of nitrogens with zero attached hydrogens (tertiary/aromatic N) is 3. The number of amides is 3. The van der Waals surface area contributed by atoms with Crippen LogP contribution in [0.25, 0.3) is 0 Å². The quantitative estimate of drug-likeness (QED) is 0.451. The molecule has 0 N–H and O–H groups in total. The number of halogens is 2. The highest BCUT2D eigenvalue weighted by Crippen LogP contribution is 2.22. The van der Waals surface area contributed by atoms with Crippen LogP contribution in [-0.2, 0) is 16.0 Å². The van der Waals surface area contributed by atoms with Gasteiger partial charge in [0.1, 0.15) is 0 Å². The van der Waals surface area contributed by atoms with Gasteiger partial charge in [-0.05, 0) is 24.1 Å². The third-order valence-electron chi connectivity index (χ3n) is 4.21. The van der Waals surface area contributed by atoms with E-state index in [-0.39, 0.29) is 12.4 Å². The van der Waals surface area contributed by atoms with Crippen LogP contribution < -0.4 is 4.57 Å². The van der Waals surface area contributed by atoms with E-state index >= 15 is 0 Å². The number of hydrogen-bond donors (Lipinski definition) is 0. The summed E-state index contributed by atoms with van der Waals surface area (Å²) in [6.45, 7) is 0.0155. The van der Waals surface area contributed by atoms with Gasteiger partial charge < -0.3 is 4.74 Å². The number of carbonyl (C=O) groups excluding carboxylic acids is 2. The van der Waals surface area contributed by atoms with Crippen LogP contribution in [0.3, 0.4) is 0 Å². The molecule has 0 unspecified atom stereocenters. The van der Waals surface area contributed by atoms with Crippen molar-refractivity contribution >= 4 is 17.8 Å². The van der Waals surface area contributed by atoms with Gasteiger partial charge in [-0.1, -0.05) is 36.4 Å². The molecule has 0 atom stereocenters. The zero-order valence-electron chi connectivity index (χ0n) is 15.1. The SMILES string of the molecule is CO/C(=C1/C(=O)N(CCc2ccccc2)C(=O)N=C1[n+]1ccccc1)C(F)F. The normalized spacial score (nSPS) is 16.3. The molecule has 1 aromatic carbocycles. The molecular weight excluding hydrogens is 368 g/mol. The summed E-state index contributed by atoms with van der Waals surface area (Å²) in [5, 5.41) is 0. The molecule has 8 heteroatoms. The molecule has 28 heavy (non-hydrogen) atoms. The minimum Gasteiger partial charge on any atom is -0.494 e. The van der Waals surface area contributed by atoms with Gasteiger partial charge in [-0.2, -0.15) is 0 Å². The van der Waals surface area contributed by atoms with Crippen LogP contribution in [0.4, 0.5) is 13.6 Å². The lowest BCUT2D eigenvalue weighted by Crippen LogP contribution is -2.54. The maximum absolute atomic E-state index is 13.5. The molecule has 0 saturated carbocycles. The van der Waals surface area contributed by atoms with Crippen LogP contribution in [0.1, 0.15) is 5.56 Å². The minimum atomic E-state index is -3.04. The Morgan fingerprint density at radius 2 is 1.75 bits per heavy atom. The number of carbonyl (C=O) groups is 2. The van der Waals surface area contributed by atoms with Crippen LogP contribution in [0.2, 0.25) is 0 Å². The van der Waals surface area contributed by atoms with Crippen molar-refractivity contribution in [2.24, 2.45) is 4.99 Å². The zero-order valence-corrected chi connectivity index (χ0v) is 15.1. The van der Waals surface area contributed by atoms with Gasteiger partial charge in [-0.15, -0.1) is 0 Å². The lowest BCUT2D eigenvalue weighted by molar-refractivity contribution is -0.554. The highest BCUT2D eigenvalue weighted by Gasteiger charge is 2.44. The molecule has 1 aliphatic rings. The first-order chi connectivity index (χ1) is 13.5. The number of aromatic nitrogens is 1. The van der Waals surface area contributed by atoms with Crippen LogP contribution >= 0.6 is 0 Å². The predicted molar refractivity (Wildman–Crippen MR) is 96.8 cm³/mol. The summed E-state index contributed by atoms with van der Waals surface area (Å²) in [4.78, 5) is 30.2. The fraction of sp³-hybridized carbons (Fsp3) is 0.200. The van der Waals surface area contributed by atoms with E-state index in [0.29, 0.717) is 6.42 Å². The van der Waals surface area contributed by atoms with E-state index in [0.717, 1.165) is 17.6 Å². The molecule has 3 rings (SSSR count). The van der Waals surface area contributed by atoms with Gasteiger partial charge in [0.15, 0.2) is 11.3 Å². The summed E-state index contributed by atoms with van der Waals surface area (Å²) < 4.78 is 33.2. The Hall–Kier alpha value is -3.42. The van der Waals surface area contributed by atoms with E-state index in [1.165, 1.54) is 17.0 Å². The highest BCUT2D eigenvalue weighted by molar-refractivity contribution is 6.26. The number of ether oxygens (including phenoxy) is 1. The Labute approximate surface area is 160 Å². The van der Waals surface area contributed by atoms with E-state index < -0.39 is 29.7 Å². The molecule has 0 bridgehead atoms. The lowest BCUT2D eigenvalue weighted by atomic mass is 10.1. The average Bonchev–Trinajstić information content (AvgIpc) is 2.71. The van der Waals surface area contributed by atoms with Crippen molar-refractivity contribution in [2.45, 2.75) is 12.8 Å². The third-order valence-corrected chi connectivity index (χ3v) is 4.21. The summed E-state index contributed by atoms with van der Waals surface area (Å²) in [6.07, 6.45) is 0.365. The van der Waals surface area contributed by atoms with E-state index in [4.69, 9.17) is 4.74 Å². The van der Waals surface area contributed by atoms with E-state index in [2.05, 4.69) is 4.99 Å². The number of imide groups is 1. The Bertz CT molecular complexity index is 928. The number of aliphatic imine (C=N–C) groups is 1. The molecule has 6 nitrogen and oxygen atoms in total. The van der Waals surface area contributed by atoms with Crippen molar-refractivity contribution in [1.82, 2.24) is 4.90 Å². The molecule has 2 heterocycles. The van der Waals surface area contributed by atoms with Gasteiger partial charge >= 0.3 is 11.9 Å². The maximum Gasteiger partial charge on any atom is 0.460 e. The van der Waals surface area contributed by atoms with E-state index in [1.807, 2.05) is 30.3 Å². The topological polar surface area (TPSA) is 62.9 Å². The maximum atomic E-state index is 13.5. The van der Waals surface area contributed by atoms with Gasteiger partial charge in [0.2, 0.25) is 0 Å². The van der Waals surface area contributed by atoms with Crippen molar-refractivity contribution in [3.63, 3.8) is 0 Å². The number of alkyl halides is 2. The van der Waals surface area contributed by atoms with Crippen molar-refractivity contribution in [2.75, 3.05) is 13.7 Å². The first-order valence-electron chi connectivity index (χ1n) is 8.54. The van der Waals surface area contributed by atoms with Gasteiger partial charge in [0.25, 0.3) is 12.3 Å². The molecule has 0 fully saturated rings. The number of rotatable bonds is 5. The predicted octanol–water partition coefficient (Wildman–Crippen LogP) is 2.59. The summed E-state index contributed by atoms with van der Waals surface area (Å²) in [5.74, 6) is -1.87. The first kappa shape index (κ1) is 19.3. The minimum absolute atomic E-state index is 0.0155. The van der Waals surface area contributed by atoms with Crippen molar-refractivity contribution in [3.05, 3.63) is 77.8 Å². The number of allylic oxidation sites excluding steroid dienone is 1. The summed E-state index contributed by atoms with van der Waals surface area (Å²) in [5.41, 5.74) is 0.475. The number of benzene rings is 1. The molecule has 2 aromatic rings. The van der Waals surface area contributed by atoms with Gasteiger partial charge in [-0.3, -0.25) is 4.79 Å². The van der Waals surface area contributed by atoms with Crippen LogP contribution in [0.15, 0.2) is 77.2 Å². The Morgan fingerprint density at radius 3 is 2.36 bits per heavy atom. The Kier molecular flexibility index (Phi) is 5.88. The van der Waals surface area contributed by atoms with Gasteiger partial charge in [0.05, 0.1) is 19.5 Å². The lowest BCUT2D eigenvalue weighted by Gasteiger charge is -2.22. The second-order valence-electron chi connectivity index (χ2n) is 5.94. The van der Waals surface area contributed by atoms with Crippen LogP contribution in [-0.4, -0.2) is 42.8 Å². The molecule has 0 aliphatic carbocycles. The zero-order chi connectivity index (χ0) is 20.1. The molecule has 1 aliphatic heterocycles. The second kappa shape index (κ2) is 8.51. The average molecular weight is 386 g/mol. The van der Waals surface area contributed by atoms with Crippen molar-refractivity contribution in [3.8, 4) is 0 Å². The molecular formula is C20H18F2N3O3+. The third kappa shape index (κ3) is 3.95. The Balaban J connectivity index is 2.02. The number of pyridine rings is 1. The molecule has 0 saturated heterocycles. The molecule has 0 spiro atoms. The largest absolute Gasteiger partial charge is 0.494 e. The fourth-order valence-corrected chi connectivity index (χ4v) is 2.85. The van der Waals surface area contributed by atoms with E-state index in [9.17, 15) is 18.4 Å². The Morgan fingerprint density at radius 1 is 1.11 bits per heavy atom. The monoisotopic (exact) mass is 386 g/mol. The molecule has 0 radical (unpaired) electrons. The van der Waals surface area contributed by atoms with E-state index in [1.54, 1.807) is 18.2 Å². The summed E-state index contributed by atoms with van der Waals surface area (Å²) >= 11 is 0. The van der Waals surface area contributed by atoms with Gasteiger partial charge in [0, 0.05) is 11.5 Å². The standard InChI is InChI=1S/C20H18F2N3O3/c1-28-16(17(21)22)15-18(24-11-6-3-7-12-24)23-20(27)25(19(15)26)13-10-14-8-4-2-5-9-14/h2-9,11-12,17H,10,13H2,1H3/q+1/b16-15+. The summed E-state index contributed by atoms with van der Waals surface area (Å²) in [6, 6.07) is 13.4. The van der Waals surface area contributed by atoms with Crippen molar-refractivity contribution < 1.29 is 27.7 Å². The summed E-state index contributed by atoms with van der Waals surface area (Å²) in [7, 11) is 1.06. The number of hydrogen-bond acceptors (Lipinski definition) is 3. The van der Waals surface area contributed by atoms with Crippen LogP contribution in [0.5, 0.6) is 0 Å². The highest BCUT2D eigenvalue weighted by atomic mass is 19.3. The fourth-order valence-electron chi connectivity index (χ4n) is 2.85. The van der Waals surface area contributed by atoms with Crippen LogP contribution in [0, 0.1) is 0 Å². The molecule has 1 aromatic heterocycles. The second-order valence-corrected chi connectivity index (χ2v) is 5.94. The van der Waals surface area contributed by atoms with Crippen molar-refractivity contribution in [1.29, 1.82) is 0 Å². The molecule has 3 amide bonds. The number of urea groups is 1. The van der Waals surface area contributed by atoms with Gasteiger partial charge in [-0.25, -0.2) is 23.0 Å². The number of methoxy groups -OCH3 is 1.